The van der Waals surface area contributed by atoms with E-state index < -0.39 is 0 Å². The van der Waals surface area contributed by atoms with Gasteiger partial charge < -0.3 is 5.32 Å². The first-order valence-corrected chi connectivity index (χ1v) is 5.98. The molecule has 90 valence electrons. The van der Waals surface area contributed by atoms with Crippen molar-refractivity contribution in [3.63, 3.8) is 0 Å². The Hall–Kier alpha value is -1.82. The highest BCUT2D eigenvalue weighted by Gasteiger charge is 2.05. The van der Waals surface area contributed by atoms with Crippen molar-refractivity contribution in [2.24, 2.45) is 0 Å². The lowest BCUT2D eigenvalue weighted by molar-refractivity contribution is -0.116. The molecule has 0 fully saturated rings. The Morgan fingerprint density at radius 2 is 2.18 bits per heavy atom. The van der Waals surface area contributed by atoms with Gasteiger partial charge in [0, 0.05) is 12.1 Å². The zero-order valence-corrected chi connectivity index (χ0v) is 10.4. The van der Waals surface area contributed by atoms with E-state index in [9.17, 15) is 4.79 Å². The van der Waals surface area contributed by atoms with E-state index in [1.54, 1.807) is 12.1 Å². The van der Waals surface area contributed by atoms with Gasteiger partial charge in [0.05, 0.1) is 11.6 Å². The number of carbonyl (C=O) groups is 1. The molecule has 1 rings (SSSR count). The predicted octanol–water partition coefficient (Wildman–Crippen LogP) is 3.39. The zero-order valence-electron chi connectivity index (χ0n) is 10.4. The normalized spacial score (nSPS) is 9.71. The summed E-state index contributed by atoms with van der Waals surface area (Å²) in [5.74, 6) is 0.0247. The molecule has 0 aromatic heterocycles. The summed E-state index contributed by atoms with van der Waals surface area (Å²) in [4.78, 5) is 11.6. The predicted molar refractivity (Wildman–Crippen MR) is 68.7 cm³/mol. The number of carbonyl (C=O) groups excluding carboxylic acids is 1. The number of nitrogens with zero attached hydrogens (tertiary/aromatic N) is 1. The fourth-order valence-electron chi connectivity index (χ4n) is 1.57. The molecule has 0 saturated carbocycles. The highest BCUT2D eigenvalue weighted by molar-refractivity contribution is 5.91. The van der Waals surface area contributed by atoms with Crippen LogP contribution in [-0.2, 0) is 4.79 Å². The van der Waals surface area contributed by atoms with Crippen molar-refractivity contribution in [2.45, 2.75) is 39.5 Å². The van der Waals surface area contributed by atoms with Gasteiger partial charge in [-0.1, -0.05) is 25.8 Å². The SMILES string of the molecule is CCCCCC(=O)Nc1cc(C#N)ccc1C. The van der Waals surface area contributed by atoms with E-state index in [0.717, 1.165) is 30.5 Å². The number of nitriles is 1. The summed E-state index contributed by atoms with van der Waals surface area (Å²) in [6, 6.07) is 7.38. The molecule has 3 nitrogen and oxygen atoms in total. The van der Waals surface area contributed by atoms with Crippen molar-refractivity contribution in [3.05, 3.63) is 29.3 Å². The largest absolute Gasteiger partial charge is 0.326 e. The molecule has 1 N–H and O–H groups in total. The molecule has 0 saturated heterocycles. The van der Waals surface area contributed by atoms with E-state index in [2.05, 4.69) is 18.3 Å². The molecule has 1 amide bonds. The number of benzene rings is 1. The van der Waals surface area contributed by atoms with Crippen LogP contribution in [0.25, 0.3) is 0 Å². The summed E-state index contributed by atoms with van der Waals surface area (Å²) in [5, 5.41) is 11.7. The molecule has 17 heavy (non-hydrogen) atoms. The summed E-state index contributed by atoms with van der Waals surface area (Å²) in [5.41, 5.74) is 2.29. The molecule has 0 heterocycles. The number of unbranched alkanes of at least 4 members (excludes halogenated alkanes) is 2. The summed E-state index contributed by atoms with van der Waals surface area (Å²) in [6.45, 7) is 4.03. The highest BCUT2D eigenvalue weighted by Crippen LogP contribution is 2.17. The van der Waals surface area contributed by atoms with Crippen molar-refractivity contribution in [1.82, 2.24) is 0 Å². The first kappa shape index (κ1) is 13.2. The van der Waals surface area contributed by atoms with E-state index in [1.165, 1.54) is 0 Å². The lowest BCUT2D eigenvalue weighted by Crippen LogP contribution is -2.12. The fraction of sp³-hybridized carbons (Fsp3) is 0.429. The second-order valence-electron chi connectivity index (χ2n) is 4.15. The number of aryl methyl sites for hydroxylation is 1. The summed E-state index contributed by atoms with van der Waals surface area (Å²) < 4.78 is 0. The van der Waals surface area contributed by atoms with Crippen molar-refractivity contribution < 1.29 is 4.79 Å². The molecule has 0 aliphatic rings. The minimum absolute atomic E-state index is 0.0247. The Morgan fingerprint density at radius 3 is 2.82 bits per heavy atom. The lowest BCUT2D eigenvalue weighted by Gasteiger charge is -2.08. The van der Waals surface area contributed by atoms with Crippen LogP contribution >= 0.6 is 0 Å². The van der Waals surface area contributed by atoms with Crippen LogP contribution in [0, 0.1) is 18.3 Å². The summed E-state index contributed by atoms with van der Waals surface area (Å²) >= 11 is 0. The van der Waals surface area contributed by atoms with Crippen molar-refractivity contribution in [3.8, 4) is 6.07 Å². The minimum Gasteiger partial charge on any atom is -0.326 e. The lowest BCUT2D eigenvalue weighted by atomic mass is 10.1. The Labute approximate surface area is 102 Å². The smallest absolute Gasteiger partial charge is 0.224 e. The second kappa shape index (κ2) is 6.70. The Kier molecular flexibility index (Phi) is 5.22. The summed E-state index contributed by atoms with van der Waals surface area (Å²) in [6.07, 6.45) is 3.64. The molecule has 3 heteroatoms. The van der Waals surface area contributed by atoms with Gasteiger partial charge in [-0.05, 0) is 31.0 Å². The number of anilines is 1. The van der Waals surface area contributed by atoms with Gasteiger partial charge >= 0.3 is 0 Å². The van der Waals surface area contributed by atoms with Crippen LogP contribution in [0.5, 0.6) is 0 Å². The van der Waals surface area contributed by atoms with Crippen LogP contribution in [0.2, 0.25) is 0 Å². The van der Waals surface area contributed by atoms with E-state index in [0.29, 0.717) is 12.0 Å². The van der Waals surface area contributed by atoms with Crippen LogP contribution in [0.15, 0.2) is 18.2 Å². The van der Waals surface area contributed by atoms with Crippen molar-refractivity contribution in [2.75, 3.05) is 5.32 Å². The number of hydrogen-bond donors (Lipinski definition) is 1. The van der Waals surface area contributed by atoms with Gasteiger partial charge in [-0.3, -0.25) is 4.79 Å². The molecular formula is C14H18N2O. The van der Waals surface area contributed by atoms with E-state index >= 15 is 0 Å². The van der Waals surface area contributed by atoms with Gasteiger partial charge in [0.1, 0.15) is 0 Å². The third-order valence-corrected chi connectivity index (χ3v) is 2.65. The van der Waals surface area contributed by atoms with Crippen LogP contribution in [0.3, 0.4) is 0 Å². The fourth-order valence-corrected chi connectivity index (χ4v) is 1.57. The molecule has 0 aliphatic heterocycles. The highest BCUT2D eigenvalue weighted by atomic mass is 16.1. The molecule has 0 spiro atoms. The van der Waals surface area contributed by atoms with E-state index in [4.69, 9.17) is 5.26 Å². The van der Waals surface area contributed by atoms with Crippen LogP contribution in [-0.4, -0.2) is 5.91 Å². The molecule has 0 bridgehead atoms. The Morgan fingerprint density at radius 1 is 1.41 bits per heavy atom. The molecular weight excluding hydrogens is 212 g/mol. The third-order valence-electron chi connectivity index (χ3n) is 2.65. The minimum atomic E-state index is 0.0247. The Balaban J connectivity index is 2.61. The van der Waals surface area contributed by atoms with Gasteiger partial charge in [0.2, 0.25) is 5.91 Å². The molecule has 0 atom stereocenters. The summed E-state index contributed by atoms with van der Waals surface area (Å²) in [7, 11) is 0. The maximum Gasteiger partial charge on any atom is 0.224 e. The van der Waals surface area contributed by atoms with Gasteiger partial charge in [-0.25, -0.2) is 0 Å². The van der Waals surface area contributed by atoms with E-state index in [-0.39, 0.29) is 5.91 Å². The standard InChI is InChI=1S/C14H18N2O/c1-3-4-5-6-14(17)16-13-9-12(10-15)8-7-11(13)2/h7-9H,3-6H2,1-2H3,(H,16,17). The van der Waals surface area contributed by atoms with E-state index in [1.807, 2.05) is 13.0 Å². The van der Waals surface area contributed by atoms with Crippen LogP contribution < -0.4 is 5.32 Å². The number of rotatable bonds is 5. The average Bonchev–Trinajstić information content (AvgIpc) is 2.32. The molecule has 1 aromatic carbocycles. The topological polar surface area (TPSA) is 52.9 Å². The molecule has 1 aromatic rings. The van der Waals surface area contributed by atoms with Gasteiger partial charge in [-0.15, -0.1) is 0 Å². The van der Waals surface area contributed by atoms with Crippen LogP contribution in [0.4, 0.5) is 5.69 Å². The molecule has 0 aliphatic carbocycles. The quantitative estimate of drug-likeness (QED) is 0.788. The Bertz CT molecular complexity index is 432. The zero-order chi connectivity index (χ0) is 12.7. The average molecular weight is 230 g/mol. The van der Waals surface area contributed by atoms with Gasteiger partial charge in [-0.2, -0.15) is 5.26 Å². The second-order valence-corrected chi connectivity index (χ2v) is 4.15. The first-order chi connectivity index (χ1) is 8.17. The number of amides is 1. The van der Waals surface area contributed by atoms with Crippen LogP contribution in [0.1, 0.15) is 43.7 Å². The number of hydrogen-bond acceptors (Lipinski definition) is 2. The monoisotopic (exact) mass is 230 g/mol. The number of nitrogens with one attached hydrogen (secondary N) is 1. The van der Waals surface area contributed by atoms with Gasteiger partial charge in [0.15, 0.2) is 0 Å². The first-order valence-electron chi connectivity index (χ1n) is 5.98. The van der Waals surface area contributed by atoms with Crippen molar-refractivity contribution in [1.29, 1.82) is 5.26 Å². The maximum absolute atomic E-state index is 11.6. The third kappa shape index (κ3) is 4.28. The van der Waals surface area contributed by atoms with Gasteiger partial charge in [0.25, 0.3) is 0 Å². The molecule has 0 unspecified atom stereocenters. The molecule has 0 radical (unpaired) electrons. The van der Waals surface area contributed by atoms with Crippen molar-refractivity contribution >= 4 is 11.6 Å². The maximum atomic E-state index is 11.6.